The summed E-state index contributed by atoms with van der Waals surface area (Å²) in [7, 11) is 0. The van der Waals surface area contributed by atoms with Crippen LogP contribution < -0.4 is 16.6 Å². The van der Waals surface area contributed by atoms with Gasteiger partial charge in [0.25, 0.3) is 5.56 Å². The predicted octanol–water partition coefficient (Wildman–Crippen LogP) is 1.58. The summed E-state index contributed by atoms with van der Waals surface area (Å²) in [6.07, 6.45) is 0.515. The van der Waals surface area contributed by atoms with Crippen LogP contribution in [0.4, 0.5) is 5.69 Å². The molecule has 0 aliphatic rings. The largest absolute Gasteiger partial charge is 0.342 e. The van der Waals surface area contributed by atoms with E-state index >= 15 is 0 Å². The first-order chi connectivity index (χ1) is 10.9. The molecule has 8 heteroatoms. The summed E-state index contributed by atoms with van der Waals surface area (Å²) >= 11 is 1.02. The van der Waals surface area contributed by atoms with Crippen molar-refractivity contribution >= 4 is 23.4 Å². The highest BCUT2D eigenvalue weighted by molar-refractivity contribution is 8.00. The first-order valence-corrected chi connectivity index (χ1v) is 8.03. The van der Waals surface area contributed by atoms with Gasteiger partial charge in [0.1, 0.15) is 0 Å². The number of aromatic nitrogens is 3. The maximum absolute atomic E-state index is 12.4. The third-order valence-corrected chi connectivity index (χ3v) is 4.79. The zero-order chi connectivity index (χ0) is 17.0. The molecule has 0 radical (unpaired) electrons. The van der Waals surface area contributed by atoms with E-state index in [2.05, 4.69) is 20.5 Å². The molecule has 1 aromatic carbocycles. The molecule has 23 heavy (non-hydrogen) atoms. The summed E-state index contributed by atoms with van der Waals surface area (Å²) in [6.45, 7) is 5.76. The van der Waals surface area contributed by atoms with Gasteiger partial charge in [0, 0.05) is 5.69 Å². The number of nitrogens with zero attached hydrogens (tertiary/aromatic N) is 1. The van der Waals surface area contributed by atoms with Gasteiger partial charge >= 0.3 is 5.69 Å². The fourth-order valence-corrected chi connectivity index (χ4v) is 2.83. The van der Waals surface area contributed by atoms with Crippen molar-refractivity contribution in [2.24, 2.45) is 0 Å². The number of thioether (sulfide) groups is 1. The Morgan fingerprint density at radius 1 is 1.35 bits per heavy atom. The van der Waals surface area contributed by atoms with Gasteiger partial charge in [-0.1, -0.05) is 30.8 Å². The van der Waals surface area contributed by atoms with Crippen LogP contribution in [0.25, 0.3) is 0 Å². The SMILES string of the molecule is CC[C@@H](Sc1n[nH]c(=O)[nH]c1=O)C(=O)Nc1cccc(C)c1C. The van der Waals surface area contributed by atoms with Crippen molar-refractivity contribution in [1.82, 2.24) is 15.2 Å². The quantitative estimate of drug-likeness (QED) is 0.720. The minimum absolute atomic E-state index is 0.0626. The highest BCUT2D eigenvalue weighted by atomic mass is 32.2. The van der Waals surface area contributed by atoms with Gasteiger partial charge in [0.05, 0.1) is 5.25 Å². The number of benzene rings is 1. The molecule has 0 fully saturated rings. The van der Waals surface area contributed by atoms with Crippen LogP contribution in [0, 0.1) is 13.8 Å². The summed E-state index contributed by atoms with van der Waals surface area (Å²) in [5.41, 5.74) is 1.56. The standard InChI is InChI=1S/C15H18N4O3S/c1-4-11(23-14-13(21)17-15(22)19-18-14)12(20)16-10-7-5-6-8(2)9(10)3/h5-7,11H,4H2,1-3H3,(H,16,20)(H2,17,19,21,22)/t11-/m1/s1. The number of hydrogen-bond acceptors (Lipinski definition) is 5. The van der Waals surface area contributed by atoms with E-state index in [1.807, 2.05) is 39.0 Å². The van der Waals surface area contributed by atoms with Crippen LogP contribution in [0.3, 0.4) is 0 Å². The van der Waals surface area contributed by atoms with E-state index in [1.165, 1.54) is 0 Å². The highest BCUT2D eigenvalue weighted by Gasteiger charge is 2.21. The van der Waals surface area contributed by atoms with Crippen LogP contribution in [-0.2, 0) is 4.79 Å². The number of rotatable bonds is 5. The Kier molecular flexibility index (Phi) is 5.38. The van der Waals surface area contributed by atoms with E-state index in [1.54, 1.807) is 0 Å². The number of anilines is 1. The first kappa shape index (κ1) is 17.0. The number of H-pyrrole nitrogens is 2. The maximum atomic E-state index is 12.4. The van der Waals surface area contributed by atoms with Gasteiger partial charge in [-0.25, -0.2) is 9.89 Å². The minimum Gasteiger partial charge on any atom is -0.325 e. The van der Waals surface area contributed by atoms with Crippen LogP contribution in [0.5, 0.6) is 0 Å². The van der Waals surface area contributed by atoms with Crippen molar-refractivity contribution < 1.29 is 4.79 Å². The first-order valence-electron chi connectivity index (χ1n) is 7.15. The number of aromatic amines is 2. The normalized spacial score (nSPS) is 12.0. The Morgan fingerprint density at radius 3 is 2.74 bits per heavy atom. The van der Waals surface area contributed by atoms with Crippen molar-refractivity contribution in [3.63, 3.8) is 0 Å². The van der Waals surface area contributed by atoms with Gasteiger partial charge in [-0.05, 0) is 37.5 Å². The van der Waals surface area contributed by atoms with Crippen LogP contribution >= 0.6 is 11.8 Å². The summed E-state index contributed by atoms with van der Waals surface area (Å²) in [5, 5.41) is 8.30. The maximum Gasteiger partial charge on any atom is 0.342 e. The fourth-order valence-electron chi connectivity index (χ4n) is 1.97. The zero-order valence-electron chi connectivity index (χ0n) is 13.1. The van der Waals surface area contributed by atoms with Gasteiger partial charge in [-0.15, -0.1) is 0 Å². The number of amides is 1. The topological polar surface area (TPSA) is 108 Å². The molecule has 3 N–H and O–H groups in total. The molecule has 2 rings (SSSR count). The van der Waals surface area contributed by atoms with Crippen LogP contribution in [0.1, 0.15) is 24.5 Å². The van der Waals surface area contributed by atoms with Gasteiger partial charge in [-0.3, -0.25) is 14.6 Å². The Balaban J connectivity index is 2.17. The molecule has 0 bridgehead atoms. The van der Waals surface area contributed by atoms with Crippen molar-refractivity contribution in [3.8, 4) is 0 Å². The Hall–Kier alpha value is -2.35. The lowest BCUT2D eigenvalue weighted by atomic mass is 10.1. The van der Waals surface area contributed by atoms with Gasteiger partial charge in [0.15, 0.2) is 5.03 Å². The molecule has 0 aliphatic heterocycles. The molecule has 1 atom stereocenters. The number of carbonyl (C=O) groups excluding carboxylic acids is 1. The Morgan fingerprint density at radius 2 is 2.09 bits per heavy atom. The second-order valence-electron chi connectivity index (χ2n) is 5.06. The molecule has 1 amide bonds. The fraction of sp³-hybridized carbons (Fsp3) is 0.333. The molecular formula is C15H18N4O3S. The van der Waals surface area contributed by atoms with Crippen LogP contribution in [0.2, 0.25) is 0 Å². The molecule has 7 nitrogen and oxygen atoms in total. The summed E-state index contributed by atoms with van der Waals surface area (Å²) in [6, 6.07) is 5.68. The van der Waals surface area contributed by atoms with E-state index in [9.17, 15) is 14.4 Å². The third-order valence-electron chi connectivity index (χ3n) is 3.46. The number of carbonyl (C=O) groups is 1. The third kappa shape index (κ3) is 4.10. The molecule has 2 aromatic rings. The van der Waals surface area contributed by atoms with Gasteiger partial charge in [0.2, 0.25) is 5.91 Å². The molecule has 0 unspecified atom stereocenters. The minimum atomic E-state index is -0.674. The average molecular weight is 334 g/mol. The van der Waals surface area contributed by atoms with Gasteiger partial charge < -0.3 is 5.32 Å². The summed E-state index contributed by atoms with van der Waals surface area (Å²) < 4.78 is 0. The van der Waals surface area contributed by atoms with Crippen LogP contribution in [-0.4, -0.2) is 26.3 Å². The number of hydrogen-bond donors (Lipinski definition) is 3. The molecule has 0 saturated carbocycles. The van der Waals surface area contributed by atoms with Crippen molar-refractivity contribution in [2.75, 3.05) is 5.32 Å². The van der Waals surface area contributed by atoms with Crippen molar-refractivity contribution in [1.29, 1.82) is 0 Å². The molecule has 0 aliphatic carbocycles. The molecular weight excluding hydrogens is 316 g/mol. The lowest BCUT2D eigenvalue weighted by Crippen LogP contribution is -2.29. The second-order valence-corrected chi connectivity index (χ2v) is 6.25. The van der Waals surface area contributed by atoms with E-state index in [-0.39, 0.29) is 10.9 Å². The average Bonchev–Trinajstić information content (AvgIpc) is 2.51. The lowest BCUT2D eigenvalue weighted by molar-refractivity contribution is -0.115. The number of nitrogens with one attached hydrogen (secondary N) is 3. The summed E-state index contributed by atoms with van der Waals surface area (Å²) in [5.74, 6) is -0.210. The molecule has 122 valence electrons. The van der Waals surface area contributed by atoms with E-state index in [0.29, 0.717) is 6.42 Å². The van der Waals surface area contributed by atoms with Crippen molar-refractivity contribution in [3.05, 3.63) is 50.2 Å². The molecule has 1 aromatic heterocycles. The monoisotopic (exact) mass is 334 g/mol. The summed E-state index contributed by atoms with van der Waals surface area (Å²) in [4.78, 5) is 37.2. The highest BCUT2D eigenvalue weighted by Crippen LogP contribution is 2.23. The van der Waals surface area contributed by atoms with Gasteiger partial charge in [-0.2, -0.15) is 5.10 Å². The Labute approximate surface area is 136 Å². The molecule has 0 spiro atoms. The molecule has 0 saturated heterocycles. The van der Waals surface area contributed by atoms with E-state index in [4.69, 9.17) is 0 Å². The predicted molar refractivity (Wildman–Crippen MR) is 90.0 cm³/mol. The number of aryl methyl sites for hydroxylation is 1. The van der Waals surface area contributed by atoms with E-state index < -0.39 is 16.5 Å². The lowest BCUT2D eigenvalue weighted by Gasteiger charge is -2.15. The molecule has 1 heterocycles. The van der Waals surface area contributed by atoms with Crippen molar-refractivity contribution in [2.45, 2.75) is 37.5 Å². The second kappa shape index (κ2) is 7.28. The van der Waals surface area contributed by atoms with Crippen LogP contribution in [0.15, 0.2) is 32.8 Å². The smallest absolute Gasteiger partial charge is 0.325 e. The Bertz CT molecular complexity index is 828. The van der Waals surface area contributed by atoms with E-state index in [0.717, 1.165) is 28.6 Å². The zero-order valence-corrected chi connectivity index (χ0v) is 13.9.